The molecular weight excluding hydrogens is 493 g/mol. The summed E-state index contributed by atoms with van der Waals surface area (Å²) in [4.78, 5) is 9.62. The highest BCUT2D eigenvalue weighted by atomic mass is 35.5. The van der Waals surface area contributed by atoms with Gasteiger partial charge in [0.15, 0.2) is 0 Å². The van der Waals surface area contributed by atoms with Gasteiger partial charge in [0.1, 0.15) is 5.15 Å². The number of aromatic nitrogens is 2. The minimum Gasteiger partial charge on any atom is -0.256 e. The summed E-state index contributed by atoms with van der Waals surface area (Å²) in [6.45, 7) is 5.64. The lowest BCUT2D eigenvalue weighted by Gasteiger charge is -2.37. The van der Waals surface area contributed by atoms with Gasteiger partial charge in [0.05, 0.1) is 17.3 Å². The van der Waals surface area contributed by atoms with Crippen molar-refractivity contribution in [3.8, 4) is 11.8 Å². The number of nitrogens with zero attached hydrogens (tertiary/aromatic N) is 2. The van der Waals surface area contributed by atoms with E-state index in [1.54, 1.807) is 0 Å². The van der Waals surface area contributed by atoms with Crippen LogP contribution in [0.5, 0.6) is 0 Å². The van der Waals surface area contributed by atoms with Crippen molar-refractivity contribution in [1.82, 2.24) is 9.97 Å². The molecule has 3 atom stereocenters. The van der Waals surface area contributed by atoms with Gasteiger partial charge in [-0.25, -0.2) is 4.98 Å². The normalized spacial score (nSPS) is 20.9. The van der Waals surface area contributed by atoms with E-state index in [1.165, 1.54) is 26.2 Å². The number of aryl methyl sites for hydroxylation is 1. The number of fused-ring (bicyclic) bond motifs is 1. The second kappa shape index (κ2) is 12.0. The molecule has 0 N–H and O–H groups in total. The number of pyridine rings is 2. The number of halogens is 4. The molecule has 4 rings (SSSR count). The SMILES string of the molecule is CCCC#CC1=C(c2ccc(CCCC(C)C(F)(F)F)cn2)CC(C2CCC2)C(C)c2nc(Cl)ccc21. The topological polar surface area (TPSA) is 25.8 Å². The average molecular weight is 529 g/mol. The fourth-order valence-corrected chi connectivity index (χ4v) is 5.66. The zero-order chi connectivity index (χ0) is 26.6. The molecule has 2 aliphatic carbocycles. The van der Waals surface area contributed by atoms with Gasteiger partial charge in [0.2, 0.25) is 0 Å². The Hall–Kier alpha value is -2.32. The van der Waals surface area contributed by atoms with E-state index in [0.717, 1.165) is 52.9 Å². The van der Waals surface area contributed by atoms with Crippen molar-refractivity contribution in [2.75, 3.05) is 0 Å². The van der Waals surface area contributed by atoms with Gasteiger partial charge < -0.3 is 0 Å². The molecule has 2 aromatic rings. The second-order valence-corrected chi connectivity index (χ2v) is 11.1. The number of rotatable bonds is 7. The summed E-state index contributed by atoms with van der Waals surface area (Å²) < 4.78 is 38.5. The van der Waals surface area contributed by atoms with Gasteiger partial charge >= 0.3 is 6.18 Å². The Bertz CT molecular complexity index is 1170. The highest BCUT2D eigenvalue weighted by Crippen LogP contribution is 2.49. The molecule has 0 saturated heterocycles. The molecule has 0 aromatic carbocycles. The van der Waals surface area contributed by atoms with E-state index in [0.29, 0.717) is 29.8 Å². The van der Waals surface area contributed by atoms with Crippen molar-refractivity contribution in [1.29, 1.82) is 0 Å². The van der Waals surface area contributed by atoms with Crippen molar-refractivity contribution < 1.29 is 13.2 Å². The van der Waals surface area contributed by atoms with E-state index in [1.807, 2.05) is 24.4 Å². The molecule has 198 valence electrons. The third kappa shape index (κ3) is 6.58. The summed E-state index contributed by atoms with van der Waals surface area (Å²) >= 11 is 6.36. The van der Waals surface area contributed by atoms with Crippen LogP contribution < -0.4 is 0 Å². The molecule has 0 aliphatic heterocycles. The summed E-state index contributed by atoms with van der Waals surface area (Å²) in [5.74, 6) is 6.88. The number of hydrogen-bond donors (Lipinski definition) is 0. The van der Waals surface area contributed by atoms with Crippen molar-refractivity contribution >= 4 is 22.7 Å². The van der Waals surface area contributed by atoms with Crippen LogP contribution in [0.2, 0.25) is 5.15 Å². The molecule has 0 bridgehead atoms. The van der Waals surface area contributed by atoms with Crippen molar-refractivity contribution in [2.45, 2.75) is 90.7 Å². The van der Waals surface area contributed by atoms with Gasteiger partial charge in [0.25, 0.3) is 0 Å². The summed E-state index contributed by atoms with van der Waals surface area (Å²) in [6.07, 6.45) is 5.31. The van der Waals surface area contributed by atoms with Gasteiger partial charge in [-0.1, -0.05) is 69.5 Å². The van der Waals surface area contributed by atoms with Crippen molar-refractivity contribution in [3.05, 3.63) is 58.1 Å². The fraction of sp³-hybridized carbons (Fsp3) is 0.548. The van der Waals surface area contributed by atoms with Crippen LogP contribution in [0.3, 0.4) is 0 Å². The molecule has 0 radical (unpaired) electrons. The zero-order valence-electron chi connectivity index (χ0n) is 22.0. The highest BCUT2D eigenvalue weighted by molar-refractivity contribution is 6.29. The quantitative estimate of drug-likeness (QED) is 0.264. The number of alkyl halides is 3. The van der Waals surface area contributed by atoms with Crippen LogP contribution in [0.1, 0.15) is 101 Å². The van der Waals surface area contributed by atoms with E-state index < -0.39 is 12.1 Å². The number of unbranched alkanes of at least 4 members (excludes halogenated alkanes) is 1. The molecule has 2 nitrogen and oxygen atoms in total. The Kier molecular flexibility index (Phi) is 9.01. The first kappa shape index (κ1) is 27.7. The number of allylic oxidation sites excluding steroid dienone is 2. The Morgan fingerprint density at radius 2 is 1.95 bits per heavy atom. The molecule has 2 aliphatic rings. The Morgan fingerprint density at radius 3 is 2.57 bits per heavy atom. The standard InChI is InChI=1S/C31H36ClF3N2/c1-4-5-6-13-24-25-15-17-29(32)37-30(25)21(3)26(23-11-8-12-23)18-27(24)28-16-14-22(19-36-28)10-7-9-20(2)31(33,34)35/h14-17,19-21,23,26H,4-5,7-12,18H2,1-3H3. The smallest absolute Gasteiger partial charge is 0.256 e. The third-order valence-corrected chi connectivity index (χ3v) is 8.32. The molecule has 3 unspecified atom stereocenters. The molecule has 0 amide bonds. The predicted molar refractivity (Wildman–Crippen MR) is 145 cm³/mol. The van der Waals surface area contributed by atoms with Crippen LogP contribution in [0, 0.1) is 29.6 Å². The maximum Gasteiger partial charge on any atom is 0.391 e. The van der Waals surface area contributed by atoms with E-state index in [-0.39, 0.29) is 12.3 Å². The van der Waals surface area contributed by atoms with Crippen LogP contribution in [-0.4, -0.2) is 16.1 Å². The lowest BCUT2D eigenvalue weighted by atomic mass is 9.68. The van der Waals surface area contributed by atoms with E-state index >= 15 is 0 Å². The highest BCUT2D eigenvalue weighted by Gasteiger charge is 2.38. The summed E-state index contributed by atoms with van der Waals surface area (Å²) in [5, 5.41) is 0.504. The molecule has 0 spiro atoms. The monoisotopic (exact) mass is 528 g/mol. The molecule has 1 fully saturated rings. The maximum absolute atomic E-state index is 12.8. The van der Waals surface area contributed by atoms with E-state index in [4.69, 9.17) is 21.6 Å². The summed E-state index contributed by atoms with van der Waals surface area (Å²) in [5.41, 5.74) is 6.06. The minimum absolute atomic E-state index is 0.126. The Balaban J connectivity index is 1.69. The molecule has 2 aromatic heterocycles. The van der Waals surface area contributed by atoms with E-state index in [2.05, 4.69) is 31.8 Å². The van der Waals surface area contributed by atoms with E-state index in [9.17, 15) is 13.2 Å². The van der Waals surface area contributed by atoms with Gasteiger partial charge in [-0.2, -0.15) is 13.2 Å². The first-order valence-corrected chi connectivity index (χ1v) is 14.0. The molecular formula is C31H36ClF3N2. The first-order chi connectivity index (χ1) is 17.7. The number of hydrogen-bond acceptors (Lipinski definition) is 2. The van der Waals surface area contributed by atoms with Crippen LogP contribution >= 0.6 is 11.6 Å². The summed E-state index contributed by atoms with van der Waals surface area (Å²) in [6, 6.07) is 7.93. The fourth-order valence-electron chi connectivity index (χ4n) is 5.51. The predicted octanol–water partition coefficient (Wildman–Crippen LogP) is 9.29. The third-order valence-electron chi connectivity index (χ3n) is 8.11. The van der Waals surface area contributed by atoms with Gasteiger partial charge in [-0.3, -0.25) is 4.98 Å². The van der Waals surface area contributed by atoms with Crippen LogP contribution in [0.25, 0.3) is 11.1 Å². The molecule has 2 heterocycles. The lowest BCUT2D eigenvalue weighted by Crippen LogP contribution is -2.26. The second-order valence-electron chi connectivity index (χ2n) is 10.7. The first-order valence-electron chi connectivity index (χ1n) is 13.6. The maximum atomic E-state index is 12.8. The van der Waals surface area contributed by atoms with Gasteiger partial charge in [-0.15, -0.1) is 0 Å². The van der Waals surface area contributed by atoms with Crippen LogP contribution in [0.4, 0.5) is 13.2 Å². The minimum atomic E-state index is -4.13. The summed E-state index contributed by atoms with van der Waals surface area (Å²) in [7, 11) is 0. The van der Waals surface area contributed by atoms with Gasteiger partial charge in [-0.05, 0) is 73.3 Å². The van der Waals surface area contributed by atoms with Crippen LogP contribution in [0.15, 0.2) is 30.5 Å². The average Bonchev–Trinajstić information content (AvgIpc) is 2.93. The Morgan fingerprint density at radius 1 is 1.16 bits per heavy atom. The molecule has 1 saturated carbocycles. The lowest BCUT2D eigenvalue weighted by molar-refractivity contribution is -0.171. The van der Waals surface area contributed by atoms with Gasteiger partial charge in [0, 0.05) is 29.7 Å². The Labute approximate surface area is 224 Å². The largest absolute Gasteiger partial charge is 0.391 e. The van der Waals surface area contributed by atoms with Crippen molar-refractivity contribution in [2.24, 2.45) is 17.8 Å². The van der Waals surface area contributed by atoms with Crippen LogP contribution in [-0.2, 0) is 6.42 Å². The van der Waals surface area contributed by atoms with Crippen molar-refractivity contribution in [3.63, 3.8) is 0 Å². The zero-order valence-corrected chi connectivity index (χ0v) is 22.7. The molecule has 37 heavy (non-hydrogen) atoms. The molecule has 6 heteroatoms.